The van der Waals surface area contributed by atoms with E-state index in [-0.39, 0.29) is 40.6 Å². The molecule has 9 heteroatoms. The third kappa shape index (κ3) is 4.71. The molecule has 0 aliphatic carbocycles. The number of carbonyl (C=O) groups excluding carboxylic acids is 2. The van der Waals surface area contributed by atoms with Gasteiger partial charge in [-0.15, -0.1) is 0 Å². The predicted molar refractivity (Wildman–Crippen MR) is 116 cm³/mol. The van der Waals surface area contributed by atoms with Gasteiger partial charge in [0.15, 0.2) is 9.84 Å². The minimum absolute atomic E-state index is 0.0293. The van der Waals surface area contributed by atoms with Crippen LogP contribution in [0.3, 0.4) is 0 Å². The summed E-state index contributed by atoms with van der Waals surface area (Å²) in [6, 6.07) is 4.82. The largest absolute Gasteiger partial charge is 0.369 e. The summed E-state index contributed by atoms with van der Waals surface area (Å²) in [7, 11) is -2.87. The Morgan fingerprint density at radius 1 is 1.29 bits per heavy atom. The maximum Gasteiger partial charge on any atom is 0.227 e. The lowest BCUT2D eigenvalue weighted by Gasteiger charge is -2.47. The number of nitrogens with one attached hydrogen (secondary N) is 2. The van der Waals surface area contributed by atoms with Gasteiger partial charge < -0.3 is 15.5 Å². The van der Waals surface area contributed by atoms with Crippen LogP contribution in [0.2, 0.25) is 0 Å². The fraction of sp³-hybridized carbons (Fsp3) is 0.636. The molecule has 0 saturated carbocycles. The number of rotatable bonds is 6. The van der Waals surface area contributed by atoms with Gasteiger partial charge in [0.25, 0.3) is 0 Å². The highest BCUT2D eigenvalue weighted by Gasteiger charge is 2.49. The minimum atomic E-state index is -2.87. The number of benzene rings is 1. The van der Waals surface area contributed by atoms with Crippen LogP contribution in [0.5, 0.6) is 0 Å². The molecule has 1 aromatic rings. The number of hydrogen-bond acceptors (Lipinski definition) is 5. The second-order valence-electron chi connectivity index (χ2n) is 9.28. The molecule has 31 heavy (non-hydrogen) atoms. The molecule has 170 valence electrons. The molecule has 1 unspecified atom stereocenters. The molecule has 3 fully saturated rings. The van der Waals surface area contributed by atoms with Gasteiger partial charge >= 0.3 is 0 Å². The Labute approximate surface area is 182 Å². The second-order valence-corrected chi connectivity index (χ2v) is 11.3. The Balaban J connectivity index is 1.36. The van der Waals surface area contributed by atoms with Crippen molar-refractivity contribution in [3.05, 3.63) is 29.6 Å². The van der Waals surface area contributed by atoms with E-state index in [1.807, 2.05) is 11.8 Å². The van der Waals surface area contributed by atoms with Crippen LogP contribution in [0.4, 0.5) is 10.1 Å². The van der Waals surface area contributed by atoms with Crippen molar-refractivity contribution in [3.8, 4) is 0 Å². The highest BCUT2D eigenvalue weighted by molar-refractivity contribution is 7.92. The molecule has 3 heterocycles. The minimum Gasteiger partial charge on any atom is -0.369 e. The third-order valence-corrected chi connectivity index (χ3v) is 8.90. The van der Waals surface area contributed by atoms with Crippen LogP contribution >= 0.6 is 0 Å². The van der Waals surface area contributed by atoms with E-state index in [0.29, 0.717) is 43.7 Å². The van der Waals surface area contributed by atoms with Gasteiger partial charge in [-0.3, -0.25) is 9.59 Å². The summed E-state index contributed by atoms with van der Waals surface area (Å²) < 4.78 is 38.0. The Kier molecular flexibility index (Phi) is 5.98. The lowest BCUT2D eigenvalue weighted by atomic mass is 9.81. The molecule has 2 N–H and O–H groups in total. The summed E-state index contributed by atoms with van der Waals surface area (Å²) >= 11 is 0. The van der Waals surface area contributed by atoms with E-state index in [4.69, 9.17) is 0 Å². The molecule has 1 spiro atoms. The van der Waals surface area contributed by atoms with E-state index in [1.165, 1.54) is 6.07 Å². The molecule has 2 atom stereocenters. The molecule has 2 amide bonds. The first kappa shape index (κ1) is 22.0. The molecule has 7 nitrogen and oxygen atoms in total. The van der Waals surface area contributed by atoms with Gasteiger partial charge in [0, 0.05) is 37.5 Å². The summed E-state index contributed by atoms with van der Waals surface area (Å²) in [6.45, 7) is 3.59. The van der Waals surface area contributed by atoms with Crippen LogP contribution in [0, 0.1) is 11.2 Å². The quantitative estimate of drug-likeness (QED) is 0.687. The van der Waals surface area contributed by atoms with Crippen molar-refractivity contribution in [2.24, 2.45) is 5.41 Å². The summed E-state index contributed by atoms with van der Waals surface area (Å²) in [5, 5.41) is 5.72. The van der Waals surface area contributed by atoms with Gasteiger partial charge in [-0.1, -0.05) is 13.0 Å². The number of piperidine rings is 1. The fourth-order valence-electron chi connectivity index (χ4n) is 5.12. The van der Waals surface area contributed by atoms with E-state index in [2.05, 4.69) is 10.6 Å². The molecule has 1 aromatic carbocycles. The second kappa shape index (κ2) is 8.41. The van der Waals surface area contributed by atoms with Crippen LogP contribution in [-0.4, -0.2) is 57.4 Å². The lowest BCUT2D eigenvalue weighted by Crippen LogP contribution is -2.54. The molecule has 3 aliphatic heterocycles. The standard InChI is InChI=1S/C22H30FN3O4S/c1-2-3-20(27)24-12-16-11-17(21(28)25-16)15-4-5-19(18(23)10-15)26-8-6-22(7-9-26)13-31(29,30)14-22/h4-5,10,16-17H,2-3,6-9,11-14H2,1H3,(H,24,27)(H,25,28)/t16?,17-/m0/s1. The maximum absolute atomic E-state index is 14.9. The van der Waals surface area contributed by atoms with Crippen molar-refractivity contribution in [2.45, 2.75) is 51.0 Å². The first-order valence-corrected chi connectivity index (χ1v) is 12.8. The number of carbonyl (C=O) groups is 2. The Morgan fingerprint density at radius 2 is 2.00 bits per heavy atom. The zero-order chi connectivity index (χ0) is 22.2. The number of hydrogen-bond donors (Lipinski definition) is 2. The van der Waals surface area contributed by atoms with Gasteiger partial charge in [0.1, 0.15) is 5.82 Å². The number of amides is 2. The third-order valence-electron chi connectivity index (χ3n) is 6.80. The van der Waals surface area contributed by atoms with Crippen LogP contribution in [0.25, 0.3) is 0 Å². The Morgan fingerprint density at radius 3 is 2.61 bits per heavy atom. The van der Waals surface area contributed by atoms with Crippen molar-refractivity contribution >= 4 is 27.3 Å². The Hall–Kier alpha value is -2.16. The van der Waals surface area contributed by atoms with Crippen molar-refractivity contribution in [3.63, 3.8) is 0 Å². The maximum atomic E-state index is 14.9. The molecule has 0 radical (unpaired) electrons. The molecule has 4 rings (SSSR count). The van der Waals surface area contributed by atoms with Crippen molar-refractivity contribution in [2.75, 3.05) is 36.0 Å². The van der Waals surface area contributed by atoms with E-state index in [9.17, 15) is 22.4 Å². The van der Waals surface area contributed by atoms with Crippen LogP contribution < -0.4 is 15.5 Å². The van der Waals surface area contributed by atoms with Gasteiger partial charge in [-0.05, 0) is 43.4 Å². The predicted octanol–water partition coefficient (Wildman–Crippen LogP) is 1.73. The molecular weight excluding hydrogens is 421 g/mol. The van der Waals surface area contributed by atoms with Crippen LogP contribution in [-0.2, 0) is 19.4 Å². The van der Waals surface area contributed by atoms with Gasteiger partial charge in [0.05, 0.1) is 23.1 Å². The van der Waals surface area contributed by atoms with Crippen LogP contribution in [0.1, 0.15) is 50.5 Å². The van der Waals surface area contributed by atoms with Gasteiger partial charge in [-0.2, -0.15) is 0 Å². The lowest BCUT2D eigenvalue weighted by molar-refractivity contribution is -0.122. The summed E-state index contributed by atoms with van der Waals surface area (Å²) in [5.41, 5.74) is 1.03. The molecule has 3 saturated heterocycles. The molecule has 0 aromatic heterocycles. The SMILES string of the molecule is CCCC(=O)NCC1C[C@@H](c2ccc(N3CCC4(CC3)CS(=O)(=O)C4)c(F)c2)C(=O)N1. The van der Waals surface area contributed by atoms with Crippen molar-refractivity contribution in [1.82, 2.24) is 10.6 Å². The first-order valence-electron chi connectivity index (χ1n) is 11.0. The summed E-state index contributed by atoms with van der Waals surface area (Å²) in [5.74, 6) is -0.451. The fourth-order valence-corrected chi connectivity index (χ4v) is 7.48. The van der Waals surface area contributed by atoms with Crippen molar-refractivity contribution in [1.29, 1.82) is 0 Å². The van der Waals surface area contributed by atoms with E-state index in [1.54, 1.807) is 12.1 Å². The van der Waals surface area contributed by atoms with E-state index in [0.717, 1.165) is 19.3 Å². The smallest absolute Gasteiger partial charge is 0.227 e. The summed E-state index contributed by atoms with van der Waals surface area (Å²) in [4.78, 5) is 26.0. The van der Waals surface area contributed by atoms with Crippen LogP contribution in [0.15, 0.2) is 18.2 Å². The first-order chi connectivity index (χ1) is 14.7. The van der Waals surface area contributed by atoms with Gasteiger partial charge in [0.2, 0.25) is 11.8 Å². The number of halogens is 1. The average molecular weight is 452 g/mol. The number of nitrogens with zero attached hydrogens (tertiary/aromatic N) is 1. The molecule has 3 aliphatic rings. The normalized spacial score (nSPS) is 26.4. The van der Waals surface area contributed by atoms with E-state index >= 15 is 0 Å². The highest BCUT2D eigenvalue weighted by atomic mass is 32.2. The zero-order valence-electron chi connectivity index (χ0n) is 17.8. The number of anilines is 1. The average Bonchev–Trinajstić information content (AvgIpc) is 3.07. The molecular formula is C22H30FN3O4S. The highest BCUT2D eigenvalue weighted by Crippen LogP contribution is 2.43. The monoisotopic (exact) mass is 451 g/mol. The zero-order valence-corrected chi connectivity index (χ0v) is 18.6. The van der Waals surface area contributed by atoms with Gasteiger partial charge in [-0.25, -0.2) is 12.8 Å². The number of sulfone groups is 1. The Bertz CT molecular complexity index is 959. The topological polar surface area (TPSA) is 95.6 Å². The summed E-state index contributed by atoms with van der Waals surface area (Å²) in [6.07, 6.45) is 3.26. The molecule has 0 bridgehead atoms. The van der Waals surface area contributed by atoms with E-state index < -0.39 is 15.8 Å². The van der Waals surface area contributed by atoms with Crippen molar-refractivity contribution < 1.29 is 22.4 Å².